The van der Waals surface area contributed by atoms with E-state index in [1.807, 2.05) is 54.6 Å². The predicted molar refractivity (Wildman–Crippen MR) is 72.7 cm³/mol. The molecular formula is C16H12N2O. The quantitative estimate of drug-likeness (QED) is 0.818. The van der Waals surface area contributed by atoms with Crippen LogP contribution < -0.4 is 4.90 Å². The van der Waals surface area contributed by atoms with Crippen LogP contribution in [0.4, 0.5) is 5.69 Å². The molecule has 92 valence electrons. The molecule has 2 aromatic carbocycles. The molecule has 3 nitrogen and oxygen atoms in total. The van der Waals surface area contributed by atoms with Crippen LogP contribution in [0.2, 0.25) is 0 Å². The van der Waals surface area contributed by atoms with E-state index in [2.05, 4.69) is 6.07 Å². The first-order chi connectivity index (χ1) is 9.33. The maximum absolute atomic E-state index is 12.5. The van der Waals surface area contributed by atoms with Gasteiger partial charge in [-0.05, 0) is 23.8 Å². The smallest absolute Gasteiger partial charge is 0.259 e. The normalized spacial score (nSPS) is 17.1. The molecule has 19 heavy (non-hydrogen) atoms. The average Bonchev–Trinajstić information content (AvgIpc) is 2.74. The Labute approximate surface area is 111 Å². The van der Waals surface area contributed by atoms with Gasteiger partial charge < -0.3 is 0 Å². The van der Waals surface area contributed by atoms with Crippen LogP contribution in [0.1, 0.15) is 28.4 Å². The molecular weight excluding hydrogens is 236 g/mol. The van der Waals surface area contributed by atoms with Crippen molar-refractivity contribution in [2.24, 2.45) is 0 Å². The lowest BCUT2D eigenvalue weighted by molar-refractivity contribution is 0.0991. The third kappa shape index (κ3) is 1.78. The Bertz CT molecular complexity index is 658. The largest absolute Gasteiger partial charge is 0.300 e. The molecule has 1 heterocycles. The van der Waals surface area contributed by atoms with Crippen LogP contribution in [-0.2, 0) is 0 Å². The Morgan fingerprint density at radius 3 is 2.47 bits per heavy atom. The van der Waals surface area contributed by atoms with Crippen molar-refractivity contribution >= 4 is 11.6 Å². The predicted octanol–water partition coefficient (Wildman–Crippen LogP) is 3.30. The lowest BCUT2D eigenvalue weighted by Crippen LogP contribution is -2.27. The molecule has 0 bridgehead atoms. The van der Waals surface area contributed by atoms with Gasteiger partial charge in [-0.1, -0.05) is 36.4 Å². The third-order valence-corrected chi connectivity index (χ3v) is 3.40. The van der Waals surface area contributed by atoms with Gasteiger partial charge in [0.05, 0.1) is 18.5 Å². The van der Waals surface area contributed by atoms with Gasteiger partial charge in [-0.15, -0.1) is 0 Å². The molecule has 1 aliphatic heterocycles. The number of nitrogens with zero attached hydrogens (tertiary/aromatic N) is 2. The highest BCUT2D eigenvalue weighted by atomic mass is 16.2. The number of rotatable bonds is 2. The van der Waals surface area contributed by atoms with Gasteiger partial charge >= 0.3 is 0 Å². The number of carbonyl (C=O) groups excluding carboxylic acids is 1. The molecule has 0 radical (unpaired) electrons. The minimum absolute atomic E-state index is 0.0259. The molecule has 0 saturated heterocycles. The van der Waals surface area contributed by atoms with Crippen LogP contribution in [0, 0.1) is 11.3 Å². The van der Waals surface area contributed by atoms with Gasteiger partial charge in [-0.2, -0.15) is 5.26 Å². The fraction of sp³-hybridized carbons (Fsp3) is 0.125. The van der Waals surface area contributed by atoms with Crippen molar-refractivity contribution in [1.29, 1.82) is 5.26 Å². The van der Waals surface area contributed by atoms with E-state index >= 15 is 0 Å². The number of hydrogen-bond donors (Lipinski definition) is 0. The zero-order valence-corrected chi connectivity index (χ0v) is 10.3. The molecule has 1 atom stereocenters. The maximum Gasteiger partial charge on any atom is 0.259 e. The van der Waals surface area contributed by atoms with Gasteiger partial charge in [0, 0.05) is 11.3 Å². The Morgan fingerprint density at radius 2 is 1.74 bits per heavy atom. The van der Waals surface area contributed by atoms with E-state index in [4.69, 9.17) is 5.26 Å². The van der Waals surface area contributed by atoms with Crippen molar-refractivity contribution in [3.8, 4) is 6.07 Å². The molecule has 3 heteroatoms. The van der Waals surface area contributed by atoms with Gasteiger partial charge in [0.15, 0.2) is 0 Å². The van der Waals surface area contributed by atoms with Crippen molar-refractivity contribution in [2.45, 2.75) is 12.5 Å². The van der Waals surface area contributed by atoms with Crippen LogP contribution in [0.25, 0.3) is 0 Å². The van der Waals surface area contributed by atoms with Crippen LogP contribution in [-0.4, -0.2) is 5.91 Å². The molecule has 0 fully saturated rings. The first kappa shape index (κ1) is 11.5. The summed E-state index contributed by atoms with van der Waals surface area (Å²) in [6.45, 7) is 0. The fourth-order valence-corrected chi connectivity index (χ4v) is 2.57. The highest BCUT2D eigenvalue weighted by Crippen LogP contribution is 2.38. The van der Waals surface area contributed by atoms with Gasteiger partial charge in [-0.3, -0.25) is 9.69 Å². The van der Waals surface area contributed by atoms with E-state index in [1.165, 1.54) is 0 Å². The highest BCUT2D eigenvalue weighted by Gasteiger charge is 2.36. The Morgan fingerprint density at radius 1 is 1.05 bits per heavy atom. The van der Waals surface area contributed by atoms with E-state index in [1.54, 1.807) is 4.90 Å². The number of benzene rings is 2. The molecule has 2 aromatic rings. The second-order valence-corrected chi connectivity index (χ2v) is 4.48. The lowest BCUT2D eigenvalue weighted by atomic mass is 10.0. The number of carbonyl (C=O) groups is 1. The summed E-state index contributed by atoms with van der Waals surface area (Å²) in [5.41, 5.74) is 2.48. The average molecular weight is 248 g/mol. The van der Waals surface area contributed by atoms with E-state index in [0.29, 0.717) is 12.0 Å². The van der Waals surface area contributed by atoms with Crippen LogP contribution in [0.5, 0.6) is 0 Å². The van der Waals surface area contributed by atoms with Gasteiger partial charge in [0.25, 0.3) is 5.91 Å². The number of anilines is 1. The molecule has 1 amide bonds. The van der Waals surface area contributed by atoms with Crippen molar-refractivity contribution < 1.29 is 4.79 Å². The Hall–Kier alpha value is -2.60. The molecule has 0 saturated carbocycles. The van der Waals surface area contributed by atoms with Crippen molar-refractivity contribution in [3.05, 3.63) is 65.7 Å². The summed E-state index contributed by atoms with van der Waals surface area (Å²) in [6.07, 6.45) is 0.303. The van der Waals surface area contributed by atoms with Crippen molar-refractivity contribution in [1.82, 2.24) is 0 Å². The first-order valence-electron chi connectivity index (χ1n) is 6.17. The third-order valence-electron chi connectivity index (χ3n) is 3.40. The zero-order valence-electron chi connectivity index (χ0n) is 10.3. The maximum atomic E-state index is 12.5. The van der Waals surface area contributed by atoms with Crippen molar-refractivity contribution in [2.75, 3.05) is 4.90 Å². The zero-order chi connectivity index (χ0) is 13.2. The molecule has 1 aliphatic rings. The summed E-state index contributed by atoms with van der Waals surface area (Å²) in [6, 6.07) is 19.0. The number of para-hydroxylation sites is 1. The fourth-order valence-electron chi connectivity index (χ4n) is 2.57. The van der Waals surface area contributed by atoms with Crippen molar-refractivity contribution in [3.63, 3.8) is 0 Å². The van der Waals surface area contributed by atoms with E-state index in [-0.39, 0.29) is 11.9 Å². The minimum atomic E-state index is -0.184. The standard InChI is InChI=1S/C16H12N2O/c17-11-10-15-13-8-4-5-9-14(13)16(19)18(15)12-6-2-1-3-7-12/h1-9,15H,10H2. The lowest BCUT2D eigenvalue weighted by Gasteiger charge is -2.23. The molecule has 1 unspecified atom stereocenters. The number of hydrogen-bond acceptors (Lipinski definition) is 2. The second kappa shape index (κ2) is 4.58. The Kier molecular flexibility index (Phi) is 2.77. The summed E-state index contributed by atoms with van der Waals surface area (Å²) >= 11 is 0. The molecule has 0 N–H and O–H groups in total. The molecule has 3 rings (SSSR count). The van der Waals surface area contributed by atoms with E-state index < -0.39 is 0 Å². The molecule has 0 aliphatic carbocycles. The van der Waals surface area contributed by atoms with Gasteiger partial charge in [0.1, 0.15) is 0 Å². The first-order valence-corrected chi connectivity index (χ1v) is 6.17. The number of fused-ring (bicyclic) bond motifs is 1. The van der Waals surface area contributed by atoms with Gasteiger partial charge in [-0.25, -0.2) is 0 Å². The summed E-state index contributed by atoms with van der Waals surface area (Å²) in [7, 11) is 0. The molecule has 0 aromatic heterocycles. The topological polar surface area (TPSA) is 44.1 Å². The number of nitriles is 1. The van der Waals surface area contributed by atoms with Crippen LogP contribution >= 0.6 is 0 Å². The SMILES string of the molecule is N#CCC1c2ccccc2C(=O)N1c1ccccc1. The van der Waals surface area contributed by atoms with E-state index in [9.17, 15) is 4.79 Å². The van der Waals surface area contributed by atoms with E-state index in [0.717, 1.165) is 11.3 Å². The molecule has 0 spiro atoms. The van der Waals surface area contributed by atoms with Crippen LogP contribution in [0.3, 0.4) is 0 Å². The minimum Gasteiger partial charge on any atom is -0.300 e. The van der Waals surface area contributed by atoms with Gasteiger partial charge in [0.2, 0.25) is 0 Å². The summed E-state index contributed by atoms with van der Waals surface area (Å²) in [4.78, 5) is 14.2. The summed E-state index contributed by atoms with van der Waals surface area (Å²) < 4.78 is 0. The summed E-state index contributed by atoms with van der Waals surface area (Å²) in [5, 5.41) is 9.02. The monoisotopic (exact) mass is 248 g/mol. The Balaban J connectivity index is 2.11. The second-order valence-electron chi connectivity index (χ2n) is 4.48. The number of amides is 1. The van der Waals surface area contributed by atoms with Crippen LogP contribution in [0.15, 0.2) is 54.6 Å². The summed E-state index contributed by atoms with van der Waals surface area (Å²) in [5.74, 6) is -0.0259. The highest BCUT2D eigenvalue weighted by molar-refractivity contribution is 6.11.